The summed E-state index contributed by atoms with van der Waals surface area (Å²) in [6.45, 7) is 2.66. The van der Waals surface area contributed by atoms with Crippen molar-refractivity contribution in [3.63, 3.8) is 0 Å². The van der Waals surface area contributed by atoms with Gasteiger partial charge in [-0.05, 0) is 25.1 Å². The summed E-state index contributed by atoms with van der Waals surface area (Å²) in [5, 5.41) is 9.36. The first-order chi connectivity index (χ1) is 12.7. The number of aryl methyl sites for hydroxylation is 2. The summed E-state index contributed by atoms with van der Waals surface area (Å²) in [6.07, 6.45) is 1.74. The molecule has 0 aliphatic rings. The Bertz CT molecular complexity index is 1190. The fourth-order valence-electron chi connectivity index (χ4n) is 2.67. The van der Waals surface area contributed by atoms with E-state index in [1.807, 2.05) is 4.57 Å². The SMILES string of the molecule is COCCn1c(=NC(=O)c2nn(C)cc2C)sc2cc(S(N)(=O)=O)ccc21. The maximum atomic E-state index is 12.6. The van der Waals surface area contributed by atoms with Crippen LogP contribution in [0.3, 0.4) is 0 Å². The minimum Gasteiger partial charge on any atom is -0.383 e. The Balaban J connectivity index is 2.17. The zero-order valence-electron chi connectivity index (χ0n) is 15.0. The number of nitrogens with zero attached hydrogens (tertiary/aromatic N) is 4. The number of ether oxygens (including phenoxy) is 1. The molecule has 1 amide bonds. The second kappa shape index (κ2) is 7.35. The van der Waals surface area contributed by atoms with Crippen LogP contribution in [0, 0.1) is 6.92 Å². The number of carbonyl (C=O) groups is 1. The van der Waals surface area contributed by atoms with Gasteiger partial charge in [0.15, 0.2) is 10.5 Å². The van der Waals surface area contributed by atoms with Crippen LogP contribution in [0.15, 0.2) is 34.3 Å². The maximum absolute atomic E-state index is 12.6. The number of carbonyl (C=O) groups excluding carboxylic acids is 1. The highest BCUT2D eigenvalue weighted by atomic mass is 32.2. The van der Waals surface area contributed by atoms with Crippen LogP contribution in [0.1, 0.15) is 16.1 Å². The Morgan fingerprint density at radius 2 is 2.15 bits per heavy atom. The van der Waals surface area contributed by atoms with Gasteiger partial charge in [0, 0.05) is 32.5 Å². The molecule has 11 heteroatoms. The number of sulfonamides is 1. The highest BCUT2D eigenvalue weighted by Gasteiger charge is 2.16. The molecule has 0 spiro atoms. The Hall–Kier alpha value is -2.34. The zero-order valence-corrected chi connectivity index (χ0v) is 16.7. The highest BCUT2D eigenvalue weighted by Crippen LogP contribution is 2.21. The van der Waals surface area contributed by atoms with Gasteiger partial charge in [-0.3, -0.25) is 9.48 Å². The van der Waals surface area contributed by atoms with Crippen molar-refractivity contribution in [3.05, 3.63) is 40.5 Å². The minimum absolute atomic E-state index is 0.00795. The normalized spacial score (nSPS) is 12.8. The lowest BCUT2D eigenvalue weighted by Crippen LogP contribution is -2.19. The molecule has 0 saturated carbocycles. The molecule has 0 saturated heterocycles. The molecular formula is C16H19N5O4S2. The largest absolute Gasteiger partial charge is 0.383 e. The monoisotopic (exact) mass is 409 g/mol. The number of fused-ring (bicyclic) bond motifs is 1. The van der Waals surface area contributed by atoms with E-state index >= 15 is 0 Å². The van der Waals surface area contributed by atoms with E-state index in [0.29, 0.717) is 22.7 Å². The van der Waals surface area contributed by atoms with Crippen molar-refractivity contribution in [3.8, 4) is 0 Å². The van der Waals surface area contributed by atoms with E-state index in [2.05, 4.69) is 10.1 Å². The van der Waals surface area contributed by atoms with Crippen LogP contribution in [-0.4, -0.2) is 42.4 Å². The maximum Gasteiger partial charge on any atom is 0.300 e. The van der Waals surface area contributed by atoms with Crippen LogP contribution in [0.25, 0.3) is 10.2 Å². The molecule has 0 aliphatic carbocycles. The van der Waals surface area contributed by atoms with E-state index in [9.17, 15) is 13.2 Å². The standard InChI is InChI=1S/C16H19N5O4S2/c1-10-9-20(2)19-14(10)15(22)18-16-21(6-7-25-3)12-5-4-11(27(17,23)24)8-13(12)26-16/h4-5,8-9H,6-7H2,1-3H3,(H2,17,23,24). The Kier molecular flexibility index (Phi) is 5.29. The van der Waals surface area contributed by atoms with Gasteiger partial charge in [0.1, 0.15) is 0 Å². The van der Waals surface area contributed by atoms with E-state index in [1.165, 1.54) is 23.5 Å². The number of methoxy groups -OCH3 is 1. The van der Waals surface area contributed by atoms with Crippen LogP contribution in [-0.2, 0) is 28.4 Å². The van der Waals surface area contributed by atoms with Crippen LogP contribution in [0.4, 0.5) is 0 Å². The van der Waals surface area contributed by atoms with Gasteiger partial charge in [0.25, 0.3) is 5.91 Å². The summed E-state index contributed by atoms with van der Waals surface area (Å²) in [7, 11) is -0.512. The van der Waals surface area contributed by atoms with Crippen molar-refractivity contribution in [2.45, 2.75) is 18.4 Å². The number of benzene rings is 1. The second-order valence-electron chi connectivity index (χ2n) is 5.95. The molecule has 3 rings (SSSR count). The van der Waals surface area contributed by atoms with Crippen molar-refractivity contribution in [2.24, 2.45) is 17.2 Å². The summed E-state index contributed by atoms with van der Waals surface area (Å²) < 4.78 is 32.4. The lowest BCUT2D eigenvalue weighted by atomic mass is 10.3. The molecule has 2 heterocycles. The van der Waals surface area contributed by atoms with Gasteiger partial charge in [-0.1, -0.05) is 11.3 Å². The Labute approximate surface area is 159 Å². The number of hydrogen-bond acceptors (Lipinski definition) is 6. The molecule has 27 heavy (non-hydrogen) atoms. The number of hydrogen-bond donors (Lipinski definition) is 1. The highest BCUT2D eigenvalue weighted by molar-refractivity contribution is 7.89. The summed E-state index contributed by atoms with van der Waals surface area (Å²) in [4.78, 5) is 17.2. The third-order valence-corrected chi connectivity index (χ3v) is 5.87. The van der Waals surface area contributed by atoms with Crippen molar-refractivity contribution in [2.75, 3.05) is 13.7 Å². The molecule has 2 N–H and O–H groups in total. The number of aromatic nitrogens is 3. The molecule has 0 unspecified atom stereocenters. The molecule has 3 aromatic rings. The lowest BCUT2D eigenvalue weighted by molar-refractivity contribution is 0.0991. The van der Waals surface area contributed by atoms with Gasteiger partial charge < -0.3 is 9.30 Å². The fourth-order valence-corrected chi connectivity index (χ4v) is 4.38. The van der Waals surface area contributed by atoms with Gasteiger partial charge in [0.05, 0.1) is 21.7 Å². The van der Waals surface area contributed by atoms with E-state index in [1.54, 1.807) is 38.0 Å². The average molecular weight is 409 g/mol. The molecule has 144 valence electrons. The number of nitrogens with two attached hydrogens (primary N) is 1. The summed E-state index contributed by atoms with van der Waals surface area (Å²) in [5.74, 6) is -0.461. The molecule has 0 atom stereocenters. The third kappa shape index (κ3) is 4.00. The first-order valence-electron chi connectivity index (χ1n) is 7.95. The lowest BCUT2D eigenvalue weighted by Gasteiger charge is -2.04. The first-order valence-corrected chi connectivity index (χ1v) is 10.3. The summed E-state index contributed by atoms with van der Waals surface area (Å²) in [6, 6.07) is 4.56. The number of amides is 1. The molecule has 9 nitrogen and oxygen atoms in total. The van der Waals surface area contributed by atoms with Crippen LogP contribution >= 0.6 is 11.3 Å². The molecule has 0 bridgehead atoms. The molecular weight excluding hydrogens is 390 g/mol. The summed E-state index contributed by atoms with van der Waals surface area (Å²) >= 11 is 1.21. The van der Waals surface area contributed by atoms with Crippen molar-refractivity contribution in [1.82, 2.24) is 14.3 Å². The van der Waals surface area contributed by atoms with Crippen molar-refractivity contribution in [1.29, 1.82) is 0 Å². The first kappa shape index (κ1) is 19.4. The average Bonchev–Trinajstić information content (AvgIpc) is 3.10. The van der Waals surface area contributed by atoms with Gasteiger partial charge in [-0.2, -0.15) is 10.1 Å². The fraction of sp³-hybridized carbons (Fsp3) is 0.312. The van der Waals surface area contributed by atoms with Gasteiger partial charge in [-0.15, -0.1) is 0 Å². The van der Waals surface area contributed by atoms with Crippen molar-refractivity contribution >= 4 is 37.5 Å². The topological polar surface area (TPSA) is 122 Å². The molecule has 2 aromatic heterocycles. The third-order valence-electron chi connectivity index (χ3n) is 3.91. The number of primary sulfonamides is 1. The van der Waals surface area contributed by atoms with Gasteiger partial charge in [0.2, 0.25) is 10.0 Å². The number of thiazole rings is 1. The molecule has 0 radical (unpaired) electrons. The second-order valence-corrected chi connectivity index (χ2v) is 8.53. The zero-order chi connectivity index (χ0) is 19.8. The molecule has 0 fully saturated rings. The predicted molar refractivity (Wildman–Crippen MR) is 101 cm³/mol. The smallest absolute Gasteiger partial charge is 0.300 e. The van der Waals surface area contributed by atoms with Crippen LogP contribution in [0.2, 0.25) is 0 Å². The number of rotatable bonds is 5. The quantitative estimate of drug-likeness (QED) is 0.667. The van der Waals surface area contributed by atoms with Gasteiger partial charge >= 0.3 is 0 Å². The van der Waals surface area contributed by atoms with E-state index in [4.69, 9.17) is 9.88 Å². The van der Waals surface area contributed by atoms with Crippen LogP contribution in [0.5, 0.6) is 0 Å². The Morgan fingerprint density at radius 1 is 1.41 bits per heavy atom. The molecule has 1 aromatic carbocycles. The van der Waals surface area contributed by atoms with Gasteiger partial charge in [-0.25, -0.2) is 13.6 Å². The van der Waals surface area contributed by atoms with Crippen molar-refractivity contribution < 1.29 is 17.9 Å². The van der Waals surface area contributed by atoms with E-state index < -0.39 is 15.9 Å². The minimum atomic E-state index is -3.82. The molecule has 0 aliphatic heterocycles. The summed E-state index contributed by atoms with van der Waals surface area (Å²) in [5.41, 5.74) is 1.75. The predicted octanol–water partition coefficient (Wildman–Crippen LogP) is 0.780. The van der Waals surface area contributed by atoms with E-state index in [0.717, 1.165) is 11.1 Å². The van der Waals surface area contributed by atoms with Crippen LogP contribution < -0.4 is 9.94 Å². The van der Waals surface area contributed by atoms with E-state index in [-0.39, 0.29) is 10.6 Å². The Morgan fingerprint density at radius 3 is 2.74 bits per heavy atom.